The average Bonchev–Trinajstić information content (AvgIpc) is 3.08. The van der Waals surface area contributed by atoms with E-state index in [0.29, 0.717) is 6.79 Å². The molecule has 0 radical (unpaired) electrons. The second kappa shape index (κ2) is 5.20. The summed E-state index contributed by atoms with van der Waals surface area (Å²) in [5.74, 6) is 1.67. The molecule has 0 atom stereocenters. The normalized spacial score (nSPS) is 17.0. The van der Waals surface area contributed by atoms with Crippen molar-refractivity contribution in [1.29, 1.82) is 0 Å². The summed E-state index contributed by atoms with van der Waals surface area (Å²) in [4.78, 5) is 3.41. The van der Waals surface area contributed by atoms with E-state index in [2.05, 4.69) is 67.8 Å². The van der Waals surface area contributed by atoms with Crippen LogP contribution in [0.4, 0.5) is 5.69 Å². The van der Waals surface area contributed by atoms with E-state index in [1.807, 2.05) is 0 Å². The zero-order valence-electron chi connectivity index (χ0n) is 13.7. The highest BCUT2D eigenvalue weighted by atomic mass is 32.2. The van der Waals surface area contributed by atoms with E-state index in [9.17, 15) is 0 Å². The second-order valence-corrected chi connectivity index (χ2v) is 7.01. The summed E-state index contributed by atoms with van der Waals surface area (Å²) in [5, 5.41) is 1.20. The van der Waals surface area contributed by atoms with Crippen LogP contribution >= 0.6 is 11.8 Å². The molecular formula is C18H19N2O2S+. The van der Waals surface area contributed by atoms with E-state index in [4.69, 9.17) is 9.47 Å². The first-order valence-electron chi connectivity index (χ1n) is 7.57. The molecule has 0 amide bonds. The van der Waals surface area contributed by atoms with Crippen molar-refractivity contribution in [2.45, 2.75) is 18.7 Å². The smallest absolute Gasteiger partial charge is 0.231 e. The Hall–Kier alpha value is -2.14. The molecular weight excluding hydrogens is 308 g/mol. The summed E-state index contributed by atoms with van der Waals surface area (Å²) in [6.07, 6.45) is 2.23. The summed E-state index contributed by atoms with van der Waals surface area (Å²) in [6, 6.07) is 8.56. The van der Waals surface area contributed by atoms with Gasteiger partial charge >= 0.3 is 0 Å². The van der Waals surface area contributed by atoms with E-state index >= 15 is 0 Å². The van der Waals surface area contributed by atoms with Crippen LogP contribution in [0, 0.1) is 13.8 Å². The molecule has 23 heavy (non-hydrogen) atoms. The lowest BCUT2D eigenvalue weighted by Gasteiger charge is -2.14. The van der Waals surface area contributed by atoms with Gasteiger partial charge in [0.25, 0.3) is 0 Å². The maximum atomic E-state index is 5.49. The fraction of sp³-hybridized carbons (Fsp3) is 0.278. The fourth-order valence-electron chi connectivity index (χ4n) is 2.90. The molecule has 5 heteroatoms. The molecule has 0 saturated carbocycles. The van der Waals surface area contributed by atoms with Crippen molar-refractivity contribution >= 4 is 23.5 Å². The summed E-state index contributed by atoms with van der Waals surface area (Å²) in [6.45, 7) is 4.58. The SMILES string of the molecule is Cc1cc(/C=C2\Sc3cc4c(cc3N2C)OCO4)cc(C)[n+]1C. The summed E-state index contributed by atoms with van der Waals surface area (Å²) < 4.78 is 13.2. The number of pyridine rings is 1. The first kappa shape index (κ1) is 14.5. The molecule has 0 aliphatic carbocycles. The van der Waals surface area contributed by atoms with Gasteiger partial charge in [0.05, 0.1) is 10.7 Å². The number of hydrogen-bond donors (Lipinski definition) is 0. The van der Waals surface area contributed by atoms with Gasteiger partial charge in [-0.15, -0.1) is 0 Å². The van der Waals surface area contributed by atoms with Crippen molar-refractivity contribution in [3.8, 4) is 11.5 Å². The number of hydrogen-bond acceptors (Lipinski definition) is 4. The van der Waals surface area contributed by atoms with Crippen molar-refractivity contribution in [2.24, 2.45) is 7.05 Å². The van der Waals surface area contributed by atoms with Crippen LogP contribution in [0.1, 0.15) is 17.0 Å². The first-order chi connectivity index (χ1) is 11.0. The summed E-state index contributed by atoms with van der Waals surface area (Å²) >= 11 is 1.77. The minimum Gasteiger partial charge on any atom is -0.454 e. The molecule has 1 aromatic carbocycles. The Morgan fingerprint density at radius 3 is 2.43 bits per heavy atom. The van der Waals surface area contributed by atoms with Gasteiger partial charge in [0.2, 0.25) is 6.79 Å². The number of aromatic nitrogens is 1. The van der Waals surface area contributed by atoms with Crippen LogP contribution in [0.5, 0.6) is 11.5 Å². The number of anilines is 1. The molecule has 2 aliphatic heterocycles. The van der Waals surface area contributed by atoms with Crippen molar-refractivity contribution in [1.82, 2.24) is 0 Å². The third kappa shape index (κ3) is 2.36. The van der Waals surface area contributed by atoms with Gasteiger partial charge in [-0.3, -0.25) is 0 Å². The zero-order valence-corrected chi connectivity index (χ0v) is 14.5. The highest BCUT2D eigenvalue weighted by molar-refractivity contribution is 8.03. The largest absolute Gasteiger partial charge is 0.454 e. The Morgan fingerprint density at radius 2 is 1.74 bits per heavy atom. The number of thioether (sulfide) groups is 1. The number of fused-ring (bicyclic) bond motifs is 2. The molecule has 3 heterocycles. The number of ether oxygens (including phenoxy) is 2. The Balaban J connectivity index is 1.72. The molecule has 0 unspecified atom stereocenters. The minimum absolute atomic E-state index is 0.314. The van der Waals surface area contributed by atoms with Crippen LogP contribution in [0.25, 0.3) is 6.08 Å². The minimum atomic E-state index is 0.314. The van der Waals surface area contributed by atoms with Gasteiger partial charge in [-0.1, -0.05) is 11.8 Å². The molecule has 0 N–H and O–H groups in total. The van der Waals surface area contributed by atoms with E-state index in [1.165, 1.54) is 32.6 Å². The molecule has 4 nitrogen and oxygen atoms in total. The molecule has 0 spiro atoms. The Morgan fingerprint density at radius 1 is 1.09 bits per heavy atom. The average molecular weight is 327 g/mol. The molecule has 0 bridgehead atoms. The molecule has 4 rings (SSSR count). The van der Waals surface area contributed by atoms with Crippen molar-refractivity contribution in [2.75, 3.05) is 18.7 Å². The third-order valence-corrected chi connectivity index (χ3v) is 5.61. The predicted molar refractivity (Wildman–Crippen MR) is 91.9 cm³/mol. The number of nitrogens with zero attached hydrogens (tertiary/aromatic N) is 2. The molecule has 118 valence electrons. The standard InChI is InChI=1S/C18H19N2O2S/c1-11-5-13(6-12(2)19(11)3)7-18-20(4)14-8-15-16(22-10-21-15)9-17(14)23-18/h5-9H,10H2,1-4H3/q+1. The molecule has 1 aromatic heterocycles. The van der Waals surface area contributed by atoms with E-state index in [0.717, 1.165) is 11.5 Å². The first-order valence-corrected chi connectivity index (χ1v) is 8.39. The van der Waals surface area contributed by atoms with Gasteiger partial charge in [-0.25, -0.2) is 4.57 Å². The van der Waals surface area contributed by atoms with Crippen molar-refractivity contribution < 1.29 is 14.0 Å². The lowest BCUT2D eigenvalue weighted by atomic mass is 10.2. The van der Waals surface area contributed by atoms with Crippen LogP contribution in [0.15, 0.2) is 34.2 Å². The summed E-state index contributed by atoms with van der Waals surface area (Å²) in [5.41, 5.74) is 4.89. The van der Waals surface area contributed by atoms with E-state index < -0.39 is 0 Å². The topological polar surface area (TPSA) is 25.6 Å². The Kier molecular flexibility index (Phi) is 3.27. The Labute approximate surface area is 140 Å². The van der Waals surface area contributed by atoms with Gasteiger partial charge in [-0.2, -0.15) is 0 Å². The zero-order chi connectivity index (χ0) is 16.1. The van der Waals surface area contributed by atoms with Gasteiger partial charge in [0.15, 0.2) is 22.9 Å². The number of rotatable bonds is 1. The molecule has 0 saturated heterocycles. The van der Waals surface area contributed by atoms with Crippen molar-refractivity contribution in [3.63, 3.8) is 0 Å². The maximum absolute atomic E-state index is 5.49. The number of benzene rings is 1. The van der Waals surface area contributed by atoms with Gasteiger partial charge in [0.1, 0.15) is 7.05 Å². The number of aryl methyl sites for hydroxylation is 2. The maximum Gasteiger partial charge on any atom is 0.231 e. The van der Waals surface area contributed by atoms with Gasteiger partial charge in [0, 0.05) is 50.1 Å². The lowest BCUT2D eigenvalue weighted by Crippen LogP contribution is -2.35. The van der Waals surface area contributed by atoms with Crippen LogP contribution < -0.4 is 18.9 Å². The Bertz CT molecular complexity index is 822. The highest BCUT2D eigenvalue weighted by Crippen LogP contribution is 2.50. The van der Waals surface area contributed by atoms with Crippen LogP contribution in [-0.4, -0.2) is 13.8 Å². The van der Waals surface area contributed by atoms with E-state index in [1.54, 1.807) is 11.8 Å². The molecule has 0 fully saturated rings. The van der Waals surface area contributed by atoms with E-state index in [-0.39, 0.29) is 0 Å². The monoisotopic (exact) mass is 327 g/mol. The lowest BCUT2D eigenvalue weighted by molar-refractivity contribution is -0.683. The van der Waals surface area contributed by atoms with Gasteiger partial charge in [-0.05, 0) is 11.6 Å². The third-order valence-electron chi connectivity index (χ3n) is 4.46. The molecule has 2 aromatic rings. The predicted octanol–water partition coefficient (Wildman–Crippen LogP) is 3.40. The van der Waals surface area contributed by atoms with Crippen LogP contribution in [0.2, 0.25) is 0 Å². The van der Waals surface area contributed by atoms with Crippen molar-refractivity contribution in [3.05, 3.63) is 46.2 Å². The molecule has 2 aliphatic rings. The summed E-state index contributed by atoms with van der Waals surface area (Å²) in [7, 11) is 4.19. The van der Waals surface area contributed by atoms with Crippen LogP contribution in [0.3, 0.4) is 0 Å². The highest BCUT2D eigenvalue weighted by Gasteiger charge is 2.27. The fourth-order valence-corrected chi connectivity index (χ4v) is 4.03. The second-order valence-electron chi connectivity index (χ2n) is 5.95. The van der Waals surface area contributed by atoms with Gasteiger partial charge < -0.3 is 14.4 Å². The van der Waals surface area contributed by atoms with Crippen LogP contribution in [-0.2, 0) is 7.05 Å². The quantitative estimate of drug-likeness (QED) is 0.750.